The van der Waals surface area contributed by atoms with Crippen LogP contribution < -0.4 is 5.32 Å². The Morgan fingerprint density at radius 1 is 1.11 bits per heavy atom. The van der Waals surface area contributed by atoms with Crippen LogP contribution in [0.2, 0.25) is 0 Å². The van der Waals surface area contributed by atoms with Crippen LogP contribution in [0.3, 0.4) is 0 Å². The van der Waals surface area contributed by atoms with Crippen molar-refractivity contribution in [3.05, 3.63) is 35.4 Å². The van der Waals surface area contributed by atoms with Gasteiger partial charge in [-0.15, -0.1) is 0 Å². The van der Waals surface area contributed by atoms with E-state index in [0.717, 1.165) is 19.3 Å². The number of hydrogen-bond acceptors (Lipinski definition) is 2. The van der Waals surface area contributed by atoms with Gasteiger partial charge in [-0.1, -0.05) is 50.6 Å². The molecule has 102 valence electrons. The van der Waals surface area contributed by atoms with Crippen molar-refractivity contribution in [2.75, 3.05) is 6.54 Å². The first-order valence-corrected chi connectivity index (χ1v) is 7.07. The van der Waals surface area contributed by atoms with Crippen molar-refractivity contribution in [1.82, 2.24) is 5.32 Å². The second kappa shape index (κ2) is 6.91. The zero-order chi connectivity index (χ0) is 13.6. The summed E-state index contributed by atoms with van der Waals surface area (Å²) in [4.78, 5) is 0. The molecule has 1 aromatic rings. The van der Waals surface area contributed by atoms with Gasteiger partial charge in [-0.05, 0) is 31.7 Å². The van der Waals surface area contributed by atoms with E-state index in [4.69, 9.17) is 0 Å². The highest BCUT2D eigenvalue weighted by atomic mass is 16.3. The van der Waals surface area contributed by atoms with Crippen molar-refractivity contribution in [3.8, 4) is 0 Å². The topological polar surface area (TPSA) is 32.3 Å². The summed E-state index contributed by atoms with van der Waals surface area (Å²) in [6, 6.07) is 8.97. The first-order chi connectivity index (χ1) is 8.54. The summed E-state index contributed by atoms with van der Waals surface area (Å²) in [5.74, 6) is 0. The minimum absolute atomic E-state index is 0.329. The molecule has 1 unspecified atom stereocenters. The Bertz CT molecular complexity index is 341. The van der Waals surface area contributed by atoms with Crippen molar-refractivity contribution in [2.24, 2.45) is 0 Å². The molecule has 0 heterocycles. The Morgan fingerprint density at radius 2 is 1.67 bits per heavy atom. The lowest BCUT2D eigenvalue weighted by molar-refractivity contribution is 0.0297. The van der Waals surface area contributed by atoms with Crippen molar-refractivity contribution in [2.45, 2.75) is 58.6 Å². The van der Waals surface area contributed by atoms with Crippen LogP contribution in [0.25, 0.3) is 0 Å². The van der Waals surface area contributed by atoms with E-state index in [-0.39, 0.29) is 0 Å². The average Bonchev–Trinajstić information content (AvgIpc) is 2.41. The van der Waals surface area contributed by atoms with Crippen LogP contribution in [0.15, 0.2) is 24.3 Å². The number of rotatable bonds is 7. The van der Waals surface area contributed by atoms with Gasteiger partial charge in [0.15, 0.2) is 0 Å². The summed E-state index contributed by atoms with van der Waals surface area (Å²) in [6.07, 6.45) is 2.62. The molecule has 1 rings (SSSR count). The maximum atomic E-state index is 10.3. The fourth-order valence-corrected chi connectivity index (χ4v) is 2.11. The van der Waals surface area contributed by atoms with E-state index in [9.17, 15) is 5.11 Å². The monoisotopic (exact) mass is 249 g/mol. The molecule has 2 heteroatoms. The molecular weight excluding hydrogens is 222 g/mol. The largest absolute Gasteiger partial charge is 0.389 e. The van der Waals surface area contributed by atoms with E-state index < -0.39 is 5.60 Å². The van der Waals surface area contributed by atoms with Crippen LogP contribution in [0, 0.1) is 6.92 Å². The quantitative estimate of drug-likeness (QED) is 0.774. The highest BCUT2D eigenvalue weighted by Gasteiger charge is 2.23. The Labute approximate surface area is 111 Å². The van der Waals surface area contributed by atoms with Crippen LogP contribution in [0.5, 0.6) is 0 Å². The molecule has 0 radical (unpaired) electrons. The fraction of sp³-hybridized carbons (Fsp3) is 0.625. The van der Waals surface area contributed by atoms with Crippen LogP contribution in [-0.2, 0) is 0 Å². The maximum Gasteiger partial charge on any atom is 0.0766 e. The Balaban J connectivity index is 2.65. The van der Waals surface area contributed by atoms with Crippen molar-refractivity contribution in [1.29, 1.82) is 0 Å². The van der Waals surface area contributed by atoms with Gasteiger partial charge in [0.25, 0.3) is 0 Å². The summed E-state index contributed by atoms with van der Waals surface area (Å²) in [5.41, 5.74) is 2.02. The molecule has 0 saturated heterocycles. The number of nitrogens with one attached hydrogen (secondary N) is 1. The molecule has 1 aromatic carbocycles. The molecule has 0 amide bonds. The minimum Gasteiger partial charge on any atom is -0.389 e. The predicted molar refractivity (Wildman–Crippen MR) is 77.7 cm³/mol. The normalized spacial score (nSPS) is 13.6. The summed E-state index contributed by atoms with van der Waals surface area (Å²) >= 11 is 0. The third-order valence-corrected chi connectivity index (χ3v) is 3.88. The Morgan fingerprint density at radius 3 is 2.11 bits per heavy atom. The van der Waals surface area contributed by atoms with Gasteiger partial charge in [0.2, 0.25) is 0 Å². The van der Waals surface area contributed by atoms with Crippen molar-refractivity contribution in [3.63, 3.8) is 0 Å². The van der Waals surface area contributed by atoms with Crippen molar-refractivity contribution >= 4 is 0 Å². The number of benzene rings is 1. The number of hydrogen-bond donors (Lipinski definition) is 2. The zero-order valence-electron chi connectivity index (χ0n) is 12.2. The van der Waals surface area contributed by atoms with E-state index in [2.05, 4.69) is 43.4 Å². The lowest BCUT2D eigenvalue weighted by Crippen LogP contribution is -2.40. The number of aliphatic hydroxyl groups is 1. The maximum absolute atomic E-state index is 10.3. The summed E-state index contributed by atoms with van der Waals surface area (Å²) in [7, 11) is 0. The highest BCUT2D eigenvalue weighted by molar-refractivity contribution is 5.24. The molecule has 0 fully saturated rings. The second-order valence-electron chi connectivity index (χ2n) is 5.18. The minimum atomic E-state index is -0.571. The first-order valence-electron chi connectivity index (χ1n) is 7.07. The van der Waals surface area contributed by atoms with Gasteiger partial charge in [0.1, 0.15) is 0 Å². The van der Waals surface area contributed by atoms with E-state index >= 15 is 0 Å². The van der Waals surface area contributed by atoms with Gasteiger partial charge in [0, 0.05) is 12.6 Å². The summed E-state index contributed by atoms with van der Waals surface area (Å²) in [5, 5.41) is 13.8. The molecule has 0 saturated carbocycles. The highest BCUT2D eigenvalue weighted by Crippen LogP contribution is 2.20. The average molecular weight is 249 g/mol. The molecule has 1 atom stereocenters. The van der Waals surface area contributed by atoms with Gasteiger partial charge < -0.3 is 10.4 Å². The third-order valence-electron chi connectivity index (χ3n) is 3.88. The Kier molecular flexibility index (Phi) is 5.83. The van der Waals surface area contributed by atoms with Gasteiger partial charge >= 0.3 is 0 Å². The fourth-order valence-electron chi connectivity index (χ4n) is 2.11. The SMILES string of the molecule is CCC(NCC(O)(CC)CC)c1ccc(C)cc1. The van der Waals surface area contributed by atoms with Crippen molar-refractivity contribution < 1.29 is 5.11 Å². The molecule has 0 spiro atoms. The molecular formula is C16H27NO. The molecule has 0 aliphatic carbocycles. The molecule has 0 aromatic heterocycles. The smallest absolute Gasteiger partial charge is 0.0766 e. The molecule has 2 N–H and O–H groups in total. The van der Waals surface area contributed by atoms with E-state index in [0.29, 0.717) is 12.6 Å². The van der Waals surface area contributed by atoms with Gasteiger partial charge in [0.05, 0.1) is 5.60 Å². The molecule has 0 aliphatic rings. The van der Waals surface area contributed by atoms with Gasteiger partial charge in [-0.25, -0.2) is 0 Å². The lowest BCUT2D eigenvalue weighted by atomic mass is 9.96. The van der Waals surface area contributed by atoms with Gasteiger partial charge in [-0.3, -0.25) is 0 Å². The van der Waals surface area contributed by atoms with E-state index in [1.54, 1.807) is 0 Å². The van der Waals surface area contributed by atoms with Crippen LogP contribution in [-0.4, -0.2) is 17.3 Å². The Hall–Kier alpha value is -0.860. The van der Waals surface area contributed by atoms with Crippen LogP contribution in [0.4, 0.5) is 0 Å². The standard InChI is InChI=1S/C16H27NO/c1-5-15(14-10-8-13(4)9-11-14)17-12-16(18,6-2)7-3/h8-11,15,17-18H,5-7,12H2,1-4H3. The van der Waals surface area contributed by atoms with Crippen LogP contribution in [0.1, 0.15) is 57.2 Å². The molecule has 0 aliphatic heterocycles. The van der Waals surface area contributed by atoms with Gasteiger partial charge in [-0.2, -0.15) is 0 Å². The third kappa shape index (κ3) is 4.11. The molecule has 0 bridgehead atoms. The van der Waals surface area contributed by atoms with E-state index in [1.165, 1.54) is 11.1 Å². The summed E-state index contributed by atoms with van der Waals surface area (Å²) in [6.45, 7) is 9.02. The number of aryl methyl sites for hydroxylation is 1. The first kappa shape index (κ1) is 15.2. The zero-order valence-corrected chi connectivity index (χ0v) is 12.2. The molecule has 18 heavy (non-hydrogen) atoms. The lowest BCUT2D eigenvalue weighted by Gasteiger charge is -2.28. The van der Waals surface area contributed by atoms with Crippen LogP contribution >= 0.6 is 0 Å². The molecule has 2 nitrogen and oxygen atoms in total. The summed E-state index contributed by atoms with van der Waals surface area (Å²) < 4.78 is 0. The second-order valence-corrected chi connectivity index (χ2v) is 5.18. The predicted octanol–water partition coefficient (Wildman–Crippen LogP) is 3.59. The van der Waals surface area contributed by atoms with E-state index in [1.807, 2.05) is 13.8 Å².